The van der Waals surface area contributed by atoms with E-state index in [-0.39, 0.29) is 12.5 Å². The minimum Gasteiger partial charge on any atom is -0.386 e. The van der Waals surface area contributed by atoms with Gasteiger partial charge in [0, 0.05) is 57.4 Å². The van der Waals surface area contributed by atoms with Crippen molar-refractivity contribution < 1.29 is 9.90 Å². The summed E-state index contributed by atoms with van der Waals surface area (Å²) in [6.07, 6.45) is 13.0. The molecule has 0 spiro atoms. The predicted molar refractivity (Wildman–Crippen MR) is 92.9 cm³/mol. The fourth-order valence-corrected chi connectivity index (χ4v) is 3.10. The first-order valence-corrected chi connectivity index (χ1v) is 8.60. The van der Waals surface area contributed by atoms with E-state index in [1.807, 2.05) is 15.7 Å². The second-order valence-electron chi connectivity index (χ2n) is 6.49. The summed E-state index contributed by atoms with van der Waals surface area (Å²) in [6, 6.07) is 0. The van der Waals surface area contributed by atoms with Gasteiger partial charge in [0.15, 0.2) is 0 Å². The van der Waals surface area contributed by atoms with Crippen LogP contribution in [0.5, 0.6) is 0 Å². The highest BCUT2D eigenvalue weighted by molar-refractivity contribution is 5.75. The normalized spacial score (nSPS) is 20.4. The lowest BCUT2D eigenvalue weighted by Crippen LogP contribution is -2.54. The van der Waals surface area contributed by atoms with Crippen LogP contribution in [0.3, 0.4) is 0 Å². The summed E-state index contributed by atoms with van der Waals surface area (Å²) in [5.74, 6) is 0.720. The standard InChI is InChI=1S/C17H24N6O2/c24-16(3-1-8-22-10-7-19-14-22)21-12-17(25)4-2-9-23(13-17)15-11-18-5-6-20-15/h5-7,10-11,14,25H,1-4,8-9,12-13H2,(H,21,24)/t17-/m1/s1. The van der Waals surface area contributed by atoms with Crippen LogP contribution in [-0.4, -0.2) is 55.8 Å². The van der Waals surface area contributed by atoms with Gasteiger partial charge in [-0.25, -0.2) is 9.97 Å². The van der Waals surface area contributed by atoms with Crippen LogP contribution in [0.15, 0.2) is 37.3 Å². The molecule has 2 N–H and O–H groups in total. The molecule has 1 saturated heterocycles. The Morgan fingerprint density at radius 2 is 2.24 bits per heavy atom. The third-order valence-electron chi connectivity index (χ3n) is 4.42. The number of carbonyl (C=O) groups excluding carboxylic acids is 1. The lowest BCUT2D eigenvalue weighted by molar-refractivity contribution is -0.122. The summed E-state index contributed by atoms with van der Waals surface area (Å²) in [7, 11) is 0. The van der Waals surface area contributed by atoms with E-state index >= 15 is 0 Å². The Bertz CT molecular complexity index is 663. The second kappa shape index (κ2) is 8.06. The number of hydrogen-bond donors (Lipinski definition) is 2. The minimum atomic E-state index is -0.935. The molecular formula is C17H24N6O2. The molecule has 1 atom stereocenters. The quantitative estimate of drug-likeness (QED) is 0.764. The van der Waals surface area contributed by atoms with Gasteiger partial charge in [0.05, 0.1) is 18.1 Å². The molecule has 0 bridgehead atoms. The monoisotopic (exact) mass is 344 g/mol. The van der Waals surface area contributed by atoms with Crippen molar-refractivity contribution in [1.29, 1.82) is 0 Å². The van der Waals surface area contributed by atoms with Crippen molar-refractivity contribution in [3.05, 3.63) is 37.3 Å². The minimum absolute atomic E-state index is 0.0369. The molecule has 0 saturated carbocycles. The Labute approximate surface area is 146 Å². The average molecular weight is 344 g/mol. The van der Waals surface area contributed by atoms with Gasteiger partial charge in [-0.3, -0.25) is 9.78 Å². The number of β-amino-alcohol motifs (C(OH)–C–C–N with tert-alkyl or cyclic N) is 1. The largest absolute Gasteiger partial charge is 0.386 e. The summed E-state index contributed by atoms with van der Waals surface area (Å²) >= 11 is 0. The molecule has 2 aromatic rings. The van der Waals surface area contributed by atoms with E-state index in [4.69, 9.17) is 0 Å². The van der Waals surface area contributed by atoms with E-state index in [0.717, 1.165) is 31.7 Å². The molecule has 1 fully saturated rings. The molecule has 25 heavy (non-hydrogen) atoms. The Hall–Kier alpha value is -2.48. The average Bonchev–Trinajstić information content (AvgIpc) is 3.14. The van der Waals surface area contributed by atoms with E-state index in [1.165, 1.54) is 0 Å². The van der Waals surface area contributed by atoms with E-state index in [9.17, 15) is 9.90 Å². The number of nitrogens with one attached hydrogen (secondary N) is 1. The zero-order valence-corrected chi connectivity index (χ0v) is 14.2. The van der Waals surface area contributed by atoms with Gasteiger partial charge in [-0.2, -0.15) is 0 Å². The van der Waals surface area contributed by atoms with E-state index in [2.05, 4.69) is 20.3 Å². The van der Waals surface area contributed by atoms with Crippen LogP contribution in [0.4, 0.5) is 5.82 Å². The highest BCUT2D eigenvalue weighted by atomic mass is 16.3. The van der Waals surface area contributed by atoms with E-state index in [0.29, 0.717) is 19.4 Å². The number of aryl methyl sites for hydroxylation is 1. The zero-order valence-electron chi connectivity index (χ0n) is 14.2. The second-order valence-corrected chi connectivity index (χ2v) is 6.49. The first kappa shape index (κ1) is 17.3. The number of hydrogen-bond acceptors (Lipinski definition) is 6. The number of anilines is 1. The number of piperidine rings is 1. The van der Waals surface area contributed by atoms with Gasteiger partial charge in [-0.15, -0.1) is 0 Å². The van der Waals surface area contributed by atoms with Crippen molar-refractivity contribution in [2.24, 2.45) is 0 Å². The number of aliphatic hydroxyl groups is 1. The Kier molecular flexibility index (Phi) is 5.60. The lowest BCUT2D eigenvalue weighted by atomic mass is 9.92. The maximum absolute atomic E-state index is 12.0. The van der Waals surface area contributed by atoms with Crippen LogP contribution in [0.1, 0.15) is 25.7 Å². The van der Waals surface area contributed by atoms with Crippen LogP contribution >= 0.6 is 0 Å². The van der Waals surface area contributed by atoms with Crippen molar-refractivity contribution in [3.8, 4) is 0 Å². The fourth-order valence-electron chi connectivity index (χ4n) is 3.10. The van der Waals surface area contributed by atoms with Crippen molar-refractivity contribution >= 4 is 11.7 Å². The molecule has 1 aliphatic rings. The number of nitrogens with zero attached hydrogens (tertiary/aromatic N) is 5. The van der Waals surface area contributed by atoms with Crippen molar-refractivity contribution in [1.82, 2.24) is 24.8 Å². The topological polar surface area (TPSA) is 96.2 Å². The van der Waals surface area contributed by atoms with Crippen LogP contribution in [0.25, 0.3) is 0 Å². The molecule has 2 aromatic heterocycles. The summed E-state index contributed by atoms with van der Waals surface area (Å²) in [5.41, 5.74) is -0.935. The maximum atomic E-state index is 12.0. The van der Waals surface area contributed by atoms with E-state index in [1.54, 1.807) is 31.1 Å². The van der Waals surface area contributed by atoms with Crippen molar-refractivity contribution in [3.63, 3.8) is 0 Å². The number of imidazole rings is 1. The third-order valence-corrected chi connectivity index (χ3v) is 4.42. The highest BCUT2D eigenvalue weighted by Crippen LogP contribution is 2.23. The zero-order chi connectivity index (χ0) is 17.5. The molecule has 3 rings (SSSR count). The first-order chi connectivity index (χ1) is 12.1. The highest BCUT2D eigenvalue weighted by Gasteiger charge is 2.34. The van der Waals surface area contributed by atoms with Gasteiger partial charge in [0.25, 0.3) is 0 Å². The van der Waals surface area contributed by atoms with Gasteiger partial charge in [-0.05, 0) is 19.3 Å². The molecular weight excluding hydrogens is 320 g/mol. The molecule has 0 radical (unpaired) electrons. The van der Waals surface area contributed by atoms with Gasteiger partial charge >= 0.3 is 0 Å². The molecule has 0 aromatic carbocycles. The number of amides is 1. The Morgan fingerprint density at radius 3 is 3.00 bits per heavy atom. The van der Waals surface area contributed by atoms with E-state index < -0.39 is 5.60 Å². The smallest absolute Gasteiger partial charge is 0.220 e. The summed E-state index contributed by atoms with van der Waals surface area (Å²) in [6.45, 7) is 2.30. The first-order valence-electron chi connectivity index (χ1n) is 8.60. The Balaban J connectivity index is 1.44. The molecule has 8 heteroatoms. The van der Waals surface area contributed by atoms with Crippen LogP contribution in [-0.2, 0) is 11.3 Å². The molecule has 0 unspecified atom stereocenters. The van der Waals surface area contributed by atoms with Gasteiger partial charge in [0.1, 0.15) is 5.82 Å². The van der Waals surface area contributed by atoms with Crippen molar-refractivity contribution in [2.75, 3.05) is 24.5 Å². The van der Waals surface area contributed by atoms with Gasteiger partial charge < -0.3 is 19.9 Å². The van der Waals surface area contributed by atoms with Crippen LogP contribution in [0, 0.1) is 0 Å². The van der Waals surface area contributed by atoms with Gasteiger partial charge in [-0.1, -0.05) is 0 Å². The Morgan fingerprint density at radius 1 is 1.32 bits per heavy atom. The summed E-state index contributed by atoms with van der Waals surface area (Å²) in [4.78, 5) is 26.4. The van der Waals surface area contributed by atoms with Crippen LogP contribution < -0.4 is 10.2 Å². The van der Waals surface area contributed by atoms with Gasteiger partial charge in [0.2, 0.25) is 5.91 Å². The molecule has 1 amide bonds. The SMILES string of the molecule is O=C(CCCn1ccnc1)NC[C@]1(O)CCCN(c2cnccn2)C1. The van der Waals surface area contributed by atoms with Crippen LogP contribution in [0.2, 0.25) is 0 Å². The van der Waals surface area contributed by atoms with Crippen molar-refractivity contribution in [2.45, 2.75) is 37.8 Å². The predicted octanol–water partition coefficient (Wildman–Crippen LogP) is 0.601. The molecule has 134 valence electrons. The number of rotatable bonds is 7. The molecule has 8 nitrogen and oxygen atoms in total. The summed E-state index contributed by atoms with van der Waals surface area (Å²) < 4.78 is 1.95. The molecule has 1 aliphatic heterocycles. The number of carbonyl (C=O) groups is 1. The maximum Gasteiger partial charge on any atom is 0.220 e. The third kappa shape index (κ3) is 4.99. The summed E-state index contributed by atoms with van der Waals surface area (Å²) in [5, 5.41) is 13.7. The molecule has 0 aliphatic carbocycles. The number of aromatic nitrogens is 4. The fraction of sp³-hybridized carbons (Fsp3) is 0.529. The molecule has 3 heterocycles. The lowest BCUT2D eigenvalue weighted by Gasteiger charge is -2.39.